The third kappa shape index (κ3) is 4.46. The summed E-state index contributed by atoms with van der Waals surface area (Å²) in [5.74, 6) is 0.582. The number of alkyl halides is 3. The number of benzene rings is 2. The number of hydrogen-bond donors (Lipinski definition) is 1. The van der Waals surface area contributed by atoms with Gasteiger partial charge in [0.15, 0.2) is 0 Å². The first-order chi connectivity index (χ1) is 12.3. The van der Waals surface area contributed by atoms with Crippen LogP contribution in [-0.2, 0) is 12.7 Å². The predicted octanol–water partition coefficient (Wildman–Crippen LogP) is 4.80. The molecule has 26 heavy (non-hydrogen) atoms. The molecule has 5 heteroatoms. The Bertz CT molecular complexity index is 723. The van der Waals surface area contributed by atoms with Crippen molar-refractivity contribution in [2.75, 3.05) is 19.6 Å². The van der Waals surface area contributed by atoms with E-state index in [2.05, 4.69) is 24.1 Å². The van der Waals surface area contributed by atoms with E-state index in [9.17, 15) is 13.2 Å². The molecule has 140 valence electrons. The van der Waals surface area contributed by atoms with Gasteiger partial charge < -0.3 is 5.32 Å². The van der Waals surface area contributed by atoms with Gasteiger partial charge in [0.2, 0.25) is 0 Å². The van der Waals surface area contributed by atoms with Crippen molar-refractivity contribution in [1.29, 1.82) is 0 Å². The van der Waals surface area contributed by atoms with Crippen LogP contribution in [0.15, 0.2) is 48.5 Å². The van der Waals surface area contributed by atoms with Gasteiger partial charge in [0.05, 0.1) is 5.56 Å². The second-order valence-electron chi connectivity index (χ2n) is 7.28. The Morgan fingerprint density at radius 2 is 1.77 bits per heavy atom. The minimum atomic E-state index is -4.35. The fraction of sp³-hybridized carbons (Fsp3) is 0.429. The van der Waals surface area contributed by atoms with E-state index < -0.39 is 11.7 Å². The second-order valence-corrected chi connectivity index (χ2v) is 7.28. The van der Waals surface area contributed by atoms with Crippen LogP contribution in [0.1, 0.15) is 25.0 Å². The number of hydrogen-bond acceptors (Lipinski definition) is 2. The second kappa shape index (κ2) is 7.80. The molecule has 1 fully saturated rings. The van der Waals surface area contributed by atoms with Gasteiger partial charge in [0.1, 0.15) is 0 Å². The molecular weight excluding hydrogens is 337 g/mol. The third-order valence-electron chi connectivity index (χ3n) is 5.00. The summed E-state index contributed by atoms with van der Waals surface area (Å²) in [6.07, 6.45) is -4.35. The Morgan fingerprint density at radius 1 is 1.08 bits per heavy atom. The van der Waals surface area contributed by atoms with Gasteiger partial charge in [-0.2, -0.15) is 13.2 Å². The van der Waals surface area contributed by atoms with E-state index >= 15 is 0 Å². The largest absolute Gasteiger partial charge is 0.417 e. The zero-order valence-corrected chi connectivity index (χ0v) is 15.2. The summed E-state index contributed by atoms with van der Waals surface area (Å²) in [6, 6.07) is 13.7. The van der Waals surface area contributed by atoms with Gasteiger partial charge in [0, 0.05) is 32.2 Å². The summed E-state index contributed by atoms with van der Waals surface area (Å²) in [7, 11) is 0. The van der Waals surface area contributed by atoms with E-state index in [1.807, 2.05) is 12.1 Å². The molecule has 3 rings (SSSR count). The zero-order chi connectivity index (χ0) is 18.7. The first-order valence-electron chi connectivity index (χ1n) is 9.06. The van der Waals surface area contributed by atoms with Crippen molar-refractivity contribution in [2.45, 2.75) is 32.6 Å². The van der Waals surface area contributed by atoms with Crippen LogP contribution in [0.4, 0.5) is 13.2 Å². The lowest BCUT2D eigenvalue weighted by Gasteiger charge is -2.35. The highest BCUT2D eigenvalue weighted by molar-refractivity contribution is 5.68. The molecule has 1 aliphatic heterocycles. The molecule has 1 atom stereocenters. The highest BCUT2D eigenvalue weighted by atomic mass is 19.4. The number of nitrogens with zero attached hydrogens (tertiary/aromatic N) is 1. The van der Waals surface area contributed by atoms with Crippen LogP contribution in [0.5, 0.6) is 0 Å². The van der Waals surface area contributed by atoms with Gasteiger partial charge in [-0.25, -0.2) is 0 Å². The lowest BCUT2D eigenvalue weighted by Crippen LogP contribution is -2.52. The predicted molar refractivity (Wildman–Crippen MR) is 98.8 cm³/mol. The van der Waals surface area contributed by atoms with Crippen LogP contribution in [0, 0.1) is 5.92 Å². The molecule has 2 nitrogen and oxygen atoms in total. The summed E-state index contributed by atoms with van der Waals surface area (Å²) < 4.78 is 39.6. The quantitative estimate of drug-likeness (QED) is 0.840. The van der Waals surface area contributed by atoms with Crippen LogP contribution < -0.4 is 5.32 Å². The van der Waals surface area contributed by atoms with Crippen molar-refractivity contribution in [1.82, 2.24) is 10.2 Å². The number of nitrogens with one attached hydrogen (secondary N) is 1. The summed E-state index contributed by atoms with van der Waals surface area (Å²) >= 11 is 0. The lowest BCUT2D eigenvalue weighted by atomic mass is 9.98. The zero-order valence-electron chi connectivity index (χ0n) is 15.2. The molecule has 2 aromatic carbocycles. The van der Waals surface area contributed by atoms with Crippen LogP contribution in [-0.4, -0.2) is 30.6 Å². The summed E-state index contributed by atoms with van der Waals surface area (Å²) in [5, 5.41) is 3.54. The van der Waals surface area contributed by atoms with Gasteiger partial charge in [-0.05, 0) is 28.7 Å². The topological polar surface area (TPSA) is 15.3 Å². The van der Waals surface area contributed by atoms with Gasteiger partial charge in [-0.3, -0.25) is 4.90 Å². The van der Waals surface area contributed by atoms with Crippen molar-refractivity contribution in [3.8, 4) is 11.1 Å². The molecule has 0 bridgehead atoms. The molecule has 1 unspecified atom stereocenters. The van der Waals surface area contributed by atoms with Gasteiger partial charge in [-0.15, -0.1) is 0 Å². The lowest BCUT2D eigenvalue weighted by molar-refractivity contribution is -0.137. The minimum absolute atomic E-state index is 0.230. The molecule has 0 radical (unpaired) electrons. The van der Waals surface area contributed by atoms with Gasteiger partial charge >= 0.3 is 6.18 Å². The molecule has 0 aromatic heterocycles. The smallest absolute Gasteiger partial charge is 0.311 e. The van der Waals surface area contributed by atoms with Gasteiger partial charge in [-0.1, -0.05) is 56.3 Å². The van der Waals surface area contributed by atoms with Crippen molar-refractivity contribution in [3.05, 3.63) is 59.7 Å². The molecule has 0 amide bonds. The maximum atomic E-state index is 13.2. The molecule has 1 N–H and O–H groups in total. The Balaban J connectivity index is 1.74. The monoisotopic (exact) mass is 362 g/mol. The molecule has 1 saturated heterocycles. The van der Waals surface area contributed by atoms with E-state index in [4.69, 9.17) is 0 Å². The number of halogens is 3. The Labute approximate surface area is 153 Å². The summed E-state index contributed by atoms with van der Waals surface area (Å²) in [6.45, 7) is 8.21. The Kier molecular flexibility index (Phi) is 5.68. The maximum Gasteiger partial charge on any atom is 0.417 e. The van der Waals surface area contributed by atoms with Gasteiger partial charge in [0.25, 0.3) is 0 Å². The van der Waals surface area contributed by atoms with Crippen molar-refractivity contribution in [3.63, 3.8) is 0 Å². The Hall–Kier alpha value is -1.85. The molecule has 0 saturated carbocycles. The normalized spacial score (nSPS) is 19.1. The van der Waals surface area contributed by atoms with Crippen LogP contribution in [0.3, 0.4) is 0 Å². The first-order valence-corrected chi connectivity index (χ1v) is 9.06. The average Bonchev–Trinajstić information content (AvgIpc) is 2.62. The highest BCUT2D eigenvalue weighted by Crippen LogP contribution is 2.36. The standard InChI is InChI=1S/C21H25F3N2/c1-15(2)20-14-26(12-11-25-20)13-16-7-9-17(10-8-16)18-5-3-4-6-19(18)21(22,23)24/h3-10,15,20,25H,11-14H2,1-2H3. The van der Waals surface area contributed by atoms with E-state index in [-0.39, 0.29) is 5.56 Å². The van der Waals surface area contributed by atoms with E-state index in [1.165, 1.54) is 12.1 Å². The SMILES string of the molecule is CC(C)C1CN(Cc2ccc(-c3ccccc3C(F)(F)F)cc2)CCN1. The van der Waals surface area contributed by atoms with E-state index in [0.29, 0.717) is 17.5 Å². The Morgan fingerprint density at radius 3 is 2.42 bits per heavy atom. The highest BCUT2D eigenvalue weighted by Gasteiger charge is 2.33. The average molecular weight is 362 g/mol. The minimum Gasteiger partial charge on any atom is -0.311 e. The van der Waals surface area contributed by atoms with E-state index in [0.717, 1.165) is 37.8 Å². The summed E-state index contributed by atoms with van der Waals surface area (Å²) in [4.78, 5) is 2.40. The fourth-order valence-electron chi connectivity index (χ4n) is 3.46. The molecule has 2 aromatic rings. The molecule has 1 aliphatic rings. The molecular formula is C21H25F3N2. The molecule has 0 spiro atoms. The molecule has 0 aliphatic carbocycles. The maximum absolute atomic E-state index is 13.2. The molecule has 1 heterocycles. The third-order valence-corrected chi connectivity index (χ3v) is 5.00. The number of piperazine rings is 1. The van der Waals surface area contributed by atoms with E-state index in [1.54, 1.807) is 18.2 Å². The van der Waals surface area contributed by atoms with Crippen LogP contribution >= 0.6 is 0 Å². The van der Waals surface area contributed by atoms with Crippen LogP contribution in [0.2, 0.25) is 0 Å². The summed E-state index contributed by atoms with van der Waals surface area (Å²) in [5.41, 5.74) is 1.37. The van der Waals surface area contributed by atoms with Crippen molar-refractivity contribution < 1.29 is 13.2 Å². The van der Waals surface area contributed by atoms with Crippen molar-refractivity contribution in [2.24, 2.45) is 5.92 Å². The number of rotatable bonds is 4. The van der Waals surface area contributed by atoms with Crippen molar-refractivity contribution >= 4 is 0 Å². The fourth-order valence-corrected chi connectivity index (χ4v) is 3.46. The van der Waals surface area contributed by atoms with Crippen LogP contribution in [0.25, 0.3) is 11.1 Å². The first kappa shape index (κ1) is 18.9.